The SMILES string of the molecule is CCSc1cccc(I)c1N. The highest BCUT2D eigenvalue weighted by molar-refractivity contribution is 14.1. The monoisotopic (exact) mass is 279 g/mol. The second-order valence-electron chi connectivity index (χ2n) is 2.08. The molecule has 0 radical (unpaired) electrons. The predicted octanol–water partition coefficient (Wildman–Crippen LogP) is 2.99. The summed E-state index contributed by atoms with van der Waals surface area (Å²) < 4.78 is 1.14. The Morgan fingerprint density at radius 1 is 1.55 bits per heavy atom. The standard InChI is InChI=1S/C8H10INS/c1-2-11-7-5-3-4-6(9)8(7)10/h3-5H,2,10H2,1H3. The van der Waals surface area contributed by atoms with Gasteiger partial charge in [-0.3, -0.25) is 0 Å². The van der Waals surface area contributed by atoms with Crippen molar-refractivity contribution in [3.05, 3.63) is 21.8 Å². The van der Waals surface area contributed by atoms with Gasteiger partial charge in [0.25, 0.3) is 0 Å². The van der Waals surface area contributed by atoms with Crippen molar-refractivity contribution in [3.63, 3.8) is 0 Å². The van der Waals surface area contributed by atoms with Crippen LogP contribution in [0.25, 0.3) is 0 Å². The van der Waals surface area contributed by atoms with Gasteiger partial charge in [0.15, 0.2) is 0 Å². The van der Waals surface area contributed by atoms with E-state index in [2.05, 4.69) is 35.6 Å². The molecule has 1 nitrogen and oxygen atoms in total. The number of para-hydroxylation sites is 1. The van der Waals surface area contributed by atoms with Crippen LogP contribution in [0.3, 0.4) is 0 Å². The van der Waals surface area contributed by atoms with E-state index in [-0.39, 0.29) is 0 Å². The van der Waals surface area contributed by atoms with E-state index in [1.165, 1.54) is 4.90 Å². The molecule has 0 saturated carbocycles. The summed E-state index contributed by atoms with van der Waals surface area (Å²) in [5.74, 6) is 1.07. The van der Waals surface area contributed by atoms with Gasteiger partial charge in [0.05, 0.1) is 5.69 Å². The minimum absolute atomic E-state index is 0.917. The lowest BCUT2D eigenvalue weighted by Gasteiger charge is -2.04. The summed E-state index contributed by atoms with van der Waals surface area (Å²) in [6.07, 6.45) is 0. The lowest BCUT2D eigenvalue weighted by atomic mass is 10.3. The van der Waals surface area contributed by atoms with Crippen LogP contribution >= 0.6 is 34.4 Å². The Balaban J connectivity index is 2.96. The molecule has 0 aromatic heterocycles. The van der Waals surface area contributed by atoms with E-state index >= 15 is 0 Å². The van der Waals surface area contributed by atoms with Gasteiger partial charge in [0.1, 0.15) is 0 Å². The van der Waals surface area contributed by atoms with Crippen molar-refractivity contribution >= 4 is 40.0 Å². The molecular formula is C8H10INS. The fourth-order valence-corrected chi connectivity index (χ4v) is 2.23. The normalized spacial score (nSPS) is 10.0. The van der Waals surface area contributed by atoms with E-state index in [0.29, 0.717) is 0 Å². The van der Waals surface area contributed by atoms with Crippen LogP contribution in [-0.2, 0) is 0 Å². The third-order valence-electron chi connectivity index (χ3n) is 1.31. The lowest BCUT2D eigenvalue weighted by molar-refractivity contribution is 1.41. The third-order valence-corrected chi connectivity index (χ3v) is 3.21. The van der Waals surface area contributed by atoms with Gasteiger partial charge in [-0.1, -0.05) is 13.0 Å². The zero-order valence-corrected chi connectivity index (χ0v) is 9.28. The molecule has 0 atom stereocenters. The van der Waals surface area contributed by atoms with E-state index < -0.39 is 0 Å². The van der Waals surface area contributed by atoms with Crippen LogP contribution in [-0.4, -0.2) is 5.75 Å². The summed E-state index contributed by atoms with van der Waals surface area (Å²) in [4.78, 5) is 1.19. The summed E-state index contributed by atoms with van der Waals surface area (Å²) in [6, 6.07) is 6.12. The molecule has 0 heterocycles. The molecule has 0 fully saturated rings. The Labute approximate surface area is 84.9 Å². The van der Waals surface area contributed by atoms with E-state index in [1.54, 1.807) is 11.8 Å². The average Bonchev–Trinajstić information content (AvgIpc) is 1.99. The maximum absolute atomic E-state index is 5.84. The number of rotatable bonds is 2. The van der Waals surface area contributed by atoms with Gasteiger partial charge >= 0.3 is 0 Å². The van der Waals surface area contributed by atoms with Gasteiger partial charge in [-0.2, -0.15) is 0 Å². The molecule has 0 amide bonds. The molecule has 60 valence electrons. The molecule has 0 aliphatic carbocycles. The number of benzene rings is 1. The van der Waals surface area contributed by atoms with Gasteiger partial charge in [-0.05, 0) is 40.5 Å². The van der Waals surface area contributed by atoms with Crippen LogP contribution in [0.4, 0.5) is 5.69 Å². The maximum Gasteiger partial charge on any atom is 0.0587 e. The van der Waals surface area contributed by atoms with E-state index in [1.807, 2.05) is 12.1 Å². The number of hydrogen-bond acceptors (Lipinski definition) is 2. The average molecular weight is 279 g/mol. The highest BCUT2D eigenvalue weighted by Gasteiger charge is 2.00. The van der Waals surface area contributed by atoms with Crippen molar-refractivity contribution in [2.45, 2.75) is 11.8 Å². The van der Waals surface area contributed by atoms with Crippen LogP contribution in [0, 0.1) is 3.57 Å². The number of nitrogen functional groups attached to an aromatic ring is 1. The van der Waals surface area contributed by atoms with Crippen molar-refractivity contribution in [1.82, 2.24) is 0 Å². The Kier molecular flexibility index (Phi) is 3.51. The topological polar surface area (TPSA) is 26.0 Å². The molecule has 0 spiro atoms. The second-order valence-corrected chi connectivity index (χ2v) is 4.55. The van der Waals surface area contributed by atoms with Gasteiger partial charge in [0, 0.05) is 8.47 Å². The smallest absolute Gasteiger partial charge is 0.0587 e. The first kappa shape index (κ1) is 9.19. The summed E-state index contributed by atoms with van der Waals surface area (Å²) >= 11 is 4.04. The summed E-state index contributed by atoms with van der Waals surface area (Å²) in [5, 5.41) is 0. The Morgan fingerprint density at radius 3 is 2.91 bits per heavy atom. The van der Waals surface area contributed by atoms with Crippen LogP contribution < -0.4 is 5.73 Å². The number of anilines is 1. The third kappa shape index (κ3) is 2.27. The van der Waals surface area contributed by atoms with Gasteiger partial charge in [-0.25, -0.2) is 0 Å². The molecule has 0 aliphatic heterocycles. The molecule has 0 unspecified atom stereocenters. The van der Waals surface area contributed by atoms with Gasteiger partial charge in [-0.15, -0.1) is 11.8 Å². The van der Waals surface area contributed by atoms with Crippen molar-refractivity contribution in [3.8, 4) is 0 Å². The van der Waals surface area contributed by atoms with Crippen molar-refractivity contribution in [2.24, 2.45) is 0 Å². The van der Waals surface area contributed by atoms with Crippen LogP contribution in [0.15, 0.2) is 23.1 Å². The second kappa shape index (κ2) is 4.21. The molecule has 1 rings (SSSR count). The van der Waals surface area contributed by atoms with Gasteiger partial charge in [0.2, 0.25) is 0 Å². The van der Waals surface area contributed by atoms with Crippen molar-refractivity contribution in [2.75, 3.05) is 11.5 Å². The Morgan fingerprint density at radius 2 is 2.27 bits per heavy atom. The maximum atomic E-state index is 5.84. The zero-order valence-electron chi connectivity index (χ0n) is 6.30. The summed E-state index contributed by atoms with van der Waals surface area (Å²) in [6.45, 7) is 2.13. The van der Waals surface area contributed by atoms with Crippen molar-refractivity contribution < 1.29 is 0 Å². The fraction of sp³-hybridized carbons (Fsp3) is 0.250. The minimum atomic E-state index is 0.917. The summed E-state index contributed by atoms with van der Waals surface area (Å²) in [7, 11) is 0. The van der Waals surface area contributed by atoms with Crippen LogP contribution in [0.1, 0.15) is 6.92 Å². The number of halogens is 1. The van der Waals surface area contributed by atoms with E-state index in [0.717, 1.165) is 15.0 Å². The van der Waals surface area contributed by atoms with Crippen LogP contribution in [0.5, 0.6) is 0 Å². The highest BCUT2D eigenvalue weighted by Crippen LogP contribution is 2.28. The molecule has 2 N–H and O–H groups in total. The molecule has 0 bridgehead atoms. The molecule has 0 aliphatic rings. The van der Waals surface area contributed by atoms with Crippen LogP contribution in [0.2, 0.25) is 0 Å². The first-order valence-corrected chi connectivity index (χ1v) is 5.49. The molecule has 1 aromatic rings. The molecular weight excluding hydrogens is 269 g/mol. The Hall–Kier alpha value is 0.1000. The highest BCUT2D eigenvalue weighted by atomic mass is 127. The number of hydrogen-bond donors (Lipinski definition) is 1. The number of thioether (sulfide) groups is 1. The minimum Gasteiger partial charge on any atom is -0.397 e. The predicted molar refractivity (Wildman–Crippen MR) is 60.0 cm³/mol. The van der Waals surface area contributed by atoms with E-state index in [4.69, 9.17) is 5.73 Å². The quantitative estimate of drug-likeness (QED) is 0.511. The largest absolute Gasteiger partial charge is 0.397 e. The molecule has 11 heavy (non-hydrogen) atoms. The lowest BCUT2D eigenvalue weighted by Crippen LogP contribution is -1.91. The molecule has 0 saturated heterocycles. The van der Waals surface area contributed by atoms with Gasteiger partial charge < -0.3 is 5.73 Å². The number of nitrogens with two attached hydrogens (primary N) is 1. The fourth-order valence-electron chi connectivity index (χ4n) is 0.799. The summed E-state index contributed by atoms with van der Waals surface area (Å²) in [5.41, 5.74) is 6.76. The van der Waals surface area contributed by atoms with E-state index in [9.17, 15) is 0 Å². The van der Waals surface area contributed by atoms with Crippen molar-refractivity contribution in [1.29, 1.82) is 0 Å². The zero-order chi connectivity index (χ0) is 8.27. The molecule has 1 aromatic carbocycles. The Bertz CT molecular complexity index is 250. The first-order chi connectivity index (χ1) is 5.25. The molecule has 3 heteroatoms. The first-order valence-electron chi connectivity index (χ1n) is 3.42.